The summed E-state index contributed by atoms with van der Waals surface area (Å²) in [7, 11) is 0. The fourth-order valence-corrected chi connectivity index (χ4v) is 2.41. The molecule has 1 heterocycles. The summed E-state index contributed by atoms with van der Waals surface area (Å²) in [4.78, 5) is 13.7. The van der Waals surface area contributed by atoms with Gasteiger partial charge in [-0.3, -0.25) is 4.79 Å². The molecule has 104 valence electrons. The smallest absolute Gasteiger partial charge is 0.228 e. The molecular weight excluding hydrogens is 264 g/mol. The van der Waals surface area contributed by atoms with Crippen LogP contribution in [0.5, 0.6) is 11.5 Å². The number of para-hydroxylation sites is 3. The Labute approximate surface area is 123 Å². The van der Waals surface area contributed by atoms with Crippen LogP contribution in [0.1, 0.15) is 6.42 Å². The van der Waals surface area contributed by atoms with Crippen molar-refractivity contribution in [3.8, 4) is 17.6 Å². The second-order valence-electron chi connectivity index (χ2n) is 4.92. The molecule has 2 aromatic rings. The number of carbonyl (C=O) groups excluding carboxylic acids is 1. The lowest BCUT2D eigenvalue weighted by molar-refractivity contribution is -0.117. The number of carbonyl (C=O) groups is 1. The summed E-state index contributed by atoms with van der Waals surface area (Å²) >= 11 is 0. The lowest BCUT2D eigenvalue weighted by atomic mass is 10.1. The number of rotatable bonds is 3. The van der Waals surface area contributed by atoms with Crippen LogP contribution in [-0.4, -0.2) is 12.5 Å². The molecule has 1 atom stereocenters. The Morgan fingerprint density at radius 2 is 1.81 bits per heavy atom. The summed E-state index contributed by atoms with van der Waals surface area (Å²) in [6.45, 7) is 0.421. The van der Waals surface area contributed by atoms with Crippen LogP contribution in [0.2, 0.25) is 0 Å². The van der Waals surface area contributed by atoms with Crippen molar-refractivity contribution in [2.24, 2.45) is 5.92 Å². The average molecular weight is 278 g/mol. The molecule has 1 fully saturated rings. The molecular formula is C17H14N2O2. The first-order valence-electron chi connectivity index (χ1n) is 6.80. The van der Waals surface area contributed by atoms with Crippen LogP contribution in [0.4, 0.5) is 5.69 Å². The Hall–Kier alpha value is -2.80. The van der Waals surface area contributed by atoms with Gasteiger partial charge in [-0.25, -0.2) is 0 Å². The second-order valence-corrected chi connectivity index (χ2v) is 4.92. The second kappa shape index (κ2) is 5.68. The number of nitriles is 1. The van der Waals surface area contributed by atoms with Crippen molar-refractivity contribution >= 4 is 11.6 Å². The topological polar surface area (TPSA) is 53.3 Å². The van der Waals surface area contributed by atoms with Crippen molar-refractivity contribution in [2.75, 3.05) is 11.4 Å². The van der Waals surface area contributed by atoms with E-state index >= 15 is 0 Å². The van der Waals surface area contributed by atoms with Gasteiger partial charge >= 0.3 is 0 Å². The maximum atomic E-state index is 12.1. The van der Waals surface area contributed by atoms with Gasteiger partial charge in [-0.1, -0.05) is 30.3 Å². The molecule has 21 heavy (non-hydrogen) atoms. The molecule has 0 bridgehead atoms. The molecule has 1 aliphatic heterocycles. The van der Waals surface area contributed by atoms with Gasteiger partial charge in [-0.2, -0.15) is 5.26 Å². The first-order valence-corrected chi connectivity index (χ1v) is 6.80. The highest BCUT2D eigenvalue weighted by atomic mass is 16.5. The number of hydrogen-bond donors (Lipinski definition) is 0. The normalized spacial score (nSPS) is 17.6. The summed E-state index contributed by atoms with van der Waals surface area (Å²) in [5.74, 6) is 1.05. The molecule has 0 saturated carbocycles. The molecule has 4 heteroatoms. The van der Waals surface area contributed by atoms with E-state index < -0.39 is 0 Å². The SMILES string of the molecule is N#CC1CC(=O)N(c2ccccc2Oc2ccccc2)C1. The number of amides is 1. The van der Waals surface area contributed by atoms with Gasteiger partial charge in [0, 0.05) is 13.0 Å². The monoisotopic (exact) mass is 278 g/mol. The lowest BCUT2D eigenvalue weighted by Gasteiger charge is -2.19. The highest BCUT2D eigenvalue weighted by molar-refractivity contribution is 5.97. The maximum Gasteiger partial charge on any atom is 0.228 e. The van der Waals surface area contributed by atoms with Gasteiger partial charge in [0.25, 0.3) is 0 Å². The summed E-state index contributed by atoms with van der Waals surface area (Å²) in [6.07, 6.45) is 0.274. The van der Waals surface area contributed by atoms with E-state index in [2.05, 4.69) is 6.07 Å². The Bertz CT molecular complexity index is 691. The quantitative estimate of drug-likeness (QED) is 0.865. The van der Waals surface area contributed by atoms with Crippen molar-refractivity contribution in [3.05, 3.63) is 54.6 Å². The third kappa shape index (κ3) is 2.72. The van der Waals surface area contributed by atoms with Crippen molar-refractivity contribution in [2.45, 2.75) is 6.42 Å². The van der Waals surface area contributed by atoms with E-state index in [1.165, 1.54) is 0 Å². The van der Waals surface area contributed by atoms with Crippen LogP contribution >= 0.6 is 0 Å². The minimum Gasteiger partial charge on any atom is -0.455 e. The number of benzene rings is 2. The molecule has 3 rings (SSSR count). The minimum atomic E-state index is -0.248. The van der Waals surface area contributed by atoms with E-state index in [0.29, 0.717) is 23.7 Å². The summed E-state index contributed by atoms with van der Waals surface area (Å²) in [6, 6.07) is 19.0. The molecule has 1 saturated heterocycles. The van der Waals surface area contributed by atoms with Crippen LogP contribution in [0.3, 0.4) is 0 Å². The van der Waals surface area contributed by atoms with Gasteiger partial charge in [-0.05, 0) is 24.3 Å². The Morgan fingerprint density at radius 3 is 2.52 bits per heavy atom. The van der Waals surface area contributed by atoms with Crippen molar-refractivity contribution in [1.82, 2.24) is 0 Å². The molecule has 0 spiro atoms. The Morgan fingerprint density at radius 1 is 1.10 bits per heavy atom. The Balaban J connectivity index is 1.90. The zero-order valence-corrected chi connectivity index (χ0v) is 11.4. The maximum absolute atomic E-state index is 12.1. The molecule has 1 unspecified atom stereocenters. The van der Waals surface area contributed by atoms with E-state index in [1.54, 1.807) is 4.90 Å². The number of nitrogens with zero attached hydrogens (tertiary/aromatic N) is 2. The molecule has 2 aromatic carbocycles. The van der Waals surface area contributed by atoms with Gasteiger partial charge < -0.3 is 9.64 Å². The van der Waals surface area contributed by atoms with Gasteiger partial charge in [0.05, 0.1) is 17.7 Å². The standard InChI is InChI=1S/C17H14N2O2/c18-11-13-10-17(20)19(12-13)15-8-4-5-9-16(15)21-14-6-2-1-3-7-14/h1-9,13H,10,12H2. The molecule has 0 aromatic heterocycles. The number of ether oxygens (including phenoxy) is 1. The van der Waals surface area contributed by atoms with E-state index in [1.807, 2.05) is 54.6 Å². The molecule has 0 aliphatic carbocycles. The van der Waals surface area contributed by atoms with Gasteiger partial charge in [-0.15, -0.1) is 0 Å². The summed E-state index contributed by atoms with van der Waals surface area (Å²) < 4.78 is 5.86. The third-order valence-corrected chi connectivity index (χ3v) is 3.43. The zero-order valence-electron chi connectivity index (χ0n) is 11.4. The van der Waals surface area contributed by atoms with Crippen molar-refractivity contribution < 1.29 is 9.53 Å². The van der Waals surface area contributed by atoms with Crippen LogP contribution in [0, 0.1) is 17.2 Å². The molecule has 0 radical (unpaired) electrons. The van der Waals surface area contributed by atoms with Gasteiger partial charge in [0.2, 0.25) is 5.91 Å². The van der Waals surface area contributed by atoms with E-state index in [0.717, 1.165) is 0 Å². The van der Waals surface area contributed by atoms with Crippen LogP contribution < -0.4 is 9.64 Å². The first kappa shape index (κ1) is 13.2. The predicted octanol–water partition coefficient (Wildman–Crippen LogP) is 3.36. The molecule has 0 N–H and O–H groups in total. The van der Waals surface area contributed by atoms with Crippen LogP contribution in [-0.2, 0) is 4.79 Å². The lowest BCUT2D eigenvalue weighted by Crippen LogP contribution is -2.24. The molecule has 4 nitrogen and oxygen atoms in total. The van der Waals surface area contributed by atoms with E-state index in [9.17, 15) is 4.79 Å². The zero-order chi connectivity index (χ0) is 14.7. The largest absolute Gasteiger partial charge is 0.455 e. The van der Waals surface area contributed by atoms with E-state index in [-0.39, 0.29) is 18.2 Å². The summed E-state index contributed by atoms with van der Waals surface area (Å²) in [5.41, 5.74) is 0.712. The Kier molecular flexibility index (Phi) is 3.57. The summed E-state index contributed by atoms with van der Waals surface area (Å²) in [5, 5.41) is 8.99. The van der Waals surface area contributed by atoms with Gasteiger partial charge in [0.1, 0.15) is 5.75 Å². The number of hydrogen-bond acceptors (Lipinski definition) is 3. The van der Waals surface area contributed by atoms with E-state index in [4.69, 9.17) is 10.00 Å². The molecule has 1 aliphatic rings. The first-order chi connectivity index (χ1) is 10.3. The number of anilines is 1. The fourth-order valence-electron chi connectivity index (χ4n) is 2.41. The van der Waals surface area contributed by atoms with Crippen LogP contribution in [0.25, 0.3) is 0 Å². The van der Waals surface area contributed by atoms with Crippen molar-refractivity contribution in [3.63, 3.8) is 0 Å². The predicted molar refractivity (Wildman–Crippen MR) is 79.0 cm³/mol. The van der Waals surface area contributed by atoms with Gasteiger partial charge in [0.15, 0.2) is 5.75 Å². The highest BCUT2D eigenvalue weighted by Crippen LogP contribution is 2.35. The fraction of sp³-hybridized carbons (Fsp3) is 0.176. The molecule has 1 amide bonds. The average Bonchev–Trinajstić information content (AvgIpc) is 2.90. The van der Waals surface area contributed by atoms with Crippen molar-refractivity contribution in [1.29, 1.82) is 5.26 Å². The minimum absolute atomic E-state index is 0.0364. The van der Waals surface area contributed by atoms with Crippen LogP contribution in [0.15, 0.2) is 54.6 Å². The third-order valence-electron chi connectivity index (χ3n) is 3.43. The highest BCUT2D eigenvalue weighted by Gasteiger charge is 2.32.